The molecule has 0 radical (unpaired) electrons. The van der Waals surface area contributed by atoms with Gasteiger partial charge in [-0.25, -0.2) is 0 Å². The molecule has 1 aliphatic rings. The SMILES string of the molecule is Cc1ccc2c(c1C)N(C)C(CN)CS2. The van der Waals surface area contributed by atoms with Crippen molar-refractivity contribution in [2.45, 2.75) is 24.8 Å². The first-order chi connectivity index (χ1) is 7.15. The molecule has 2 rings (SSSR count). The van der Waals surface area contributed by atoms with Gasteiger partial charge in [0.2, 0.25) is 0 Å². The van der Waals surface area contributed by atoms with Gasteiger partial charge in [0.25, 0.3) is 0 Å². The first-order valence-corrected chi connectivity index (χ1v) is 6.29. The minimum atomic E-state index is 0.475. The van der Waals surface area contributed by atoms with Crippen molar-refractivity contribution in [2.24, 2.45) is 5.73 Å². The first-order valence-electron chi connectivity index (χ1n) is 5.31. The third-order valence-corrected chi connectivity index (χ3v) is 4.46. The van der Waals surface area contributed by atoms with Crippen LogP contribution in [0, 0.1) is 13.8 Å². The van der Waals surface area contributed by atoms with Gasteiger partial charge >= 0.3 is 0 Å². The summed E-state index contributed by atoms with van der Waals surface area (Å²) in [5, 5.41) is 0. The van der Waals surface area contributed by atoms with E-state index in [4.69, 9.17) is 5.73 Å². The highest BCUT2D eigenvalue weighted by atomic mass is 32.2. The van der Waals surface area contributed by atoms with E-state index in [0.29, 0.717) is 6.04 Å². The van der Waals surface area contributed by atoms with Crippen LogP contribution in [-0.2, 0) is 0 Å². The van der Waals surface area contributed by atoms with E-state index in [2.05, 4.69) is 37.9 Å². The Morgan fingerprint density at radius 3 is 2.87 bits per heavy atom. The van der Waals surface area contributed by atoms with Crippen LogP contribution in [0.15, 0.2) is 17.0 Å². The third-order valence-electron chi connectivity index (χ3n) is 3.27. The van der Waals surface area contributed by atoms with Gasteiger partial charge < -0.3 is 10.6 Å². The average Bonchev–Trinajstić information content (AvgIpc) is 2.24. The van der Waals surface area contributed by atoms with Gasteiger partial charge in [0.1, 0.15) is 0 Å². The molecule has 2 N–H and O–H groups in total. The van der Waals surface area contributed by atoms with Crippen LogP contribution in [0.4, 0.5) is 5.69 Å². The molecule has 1 atom stereocenters. The molecular formula is C12H18N2S. The second kappa shape index (κ2) is 4.06. The lowest BCUT2D eigenvalue weighted by atomic mass is 10.1. The Kier molecular flexibility index (Phi) is 2.94. The predicted molar refractivity (Wildman–Crippen MR) is 67.9 cm³/mol. The Morgan fingerprint density at radius 1 is 1.47 bits per heavy atom. The molecular weight excluding hydrogens is 204 g/mol. The summed E-state index contributed by atoms with van der Waals surface area (Å²) in [5.74, 6) is 1.10. The van der Waals surface area contributed by atoms with Gasteiger partial charge in [0, 0.05) is 24.2 Å². The van der Waals surface area contributed by atoms with E-state index in [1.54, 1.807) is 0 Å². The zero-order valence-electron chi connectivity index (χ0n) is 9.58. The normalized spacial score (nSPS) is 20.3. The smallest absolute Gasteiger partial charge is 0.0537 e. The average molecular weight is 222 g/mol. The number of hydrogen-bond acceptors (Lipinski definition) is 3. The van der Waals surface area contributed by atoms with E-state index in [0.717, 1.165) is 12.3 Å². The molecule has 0 bridgehead atoms. The minimum Gasteiger partial charge on any atom is -0.368 e. The molecule has 15 heavy (non-hydrogen) atoms. The van der Waals surface area contributed by atoms with Crippen LogP contribution in [0.3, 0.4) is 0 Å². The van der Waals surface area contributed by atoms with Crippen molar-refractivity contribution in [1.29, 1.82) is 0 Å². The summed E-state index contributed by atoms with van der Waals surface area (Å²) in [7, 11) is 2.16. The quantitative estimate of drug-likeness (QED) is 0.789. The van der Waals surface area contributed by atoms with Gasteiger partial charge in [-0.05, 0) is 31.0 Å². The number of thioether (sulfide) groups is 1. The zero-order chi connectivity index (χ0) is 11.0. The maximum Gasteiger partial charge on any atom is 0.0537 e. The summed E-state index contributed by atoms with van der Waals surface area (Å²) in [5.41, 5.74) is 9.91. The Labute approximate surface area is 95.8 Å². The highest BCUT2D eigenvalue weighted by Gasteiger charge is 2.24. The molecule has 0 aromatic heterocycles. The summed E-state index contributed by atoms with van der Waals surface area (Å²) in [6.45, 7) is 5.10. The molecule has 1 aromatic carbocycles. The van der Waals surface area contributed by atoms with E-state index >= 15 is 0 Å². The van der Waals surface area contributed by atoms with Crippen LogP contribution in [-0.4, -0.2) is 25.4 Å². The van der Waals surface area contributed by atoms with E-state index in [-0.39, 0.29) is 0 Å². The molecule has 1 aliphatic heterocycles. The molecule has 0 saturated carbocycles. The number of benzene rings is 1. The first kappa shape index (κ1) is 10.8. The van der Waals surface area contributed by atoms with Crippen molar-refractivity contribution >= 4 is 17.4 Å². The summed E-state index contributed by atoms with van der Waals surface area (Å²) < 4.78 is 0. The Morgan fingerprint density at radius 2 is 2.20 bits per heavy atom. The van der Waals surface area contributed by atoms with Gasteiger partial charge in [0.05, 0.1) is 11.7 Å². The minimum absolute atomic E-state index is 0.475. The molecule has 1 unspecified atom stereocenters. The van der Waals surface area contributed by atoms with Crippen molar-refractivity contribution in [1.82, 2.24) is 0 Å². The molecule has 0 spiro atoms. The number of hydrogen-bond donors (Lipinski definition) is 1. The molecule has 0 amide bonds. The maximum absolute atomic E-state index is 5.78. The number of aryl methyl sites for hydroxylation is 1. The van der Waals surface area contributed by atoms with Gasteiger partial charge in [-0.1, -0.05) is 6.07 Å². The van der Waals surface area contributed by atoms with Gasteiger partial charge in [-0.15, -0.1) is 11.8 Å². The van der Waals surface area contributed by atoms with Gasteiger partial charge in [-0.3, -0.25) is 0 Å². The second-order valence-corrected chi connectivity index (χ2v) is 5.23. The number of rotatable bonds is 1. The Bertz CT molecular complexity index is 376. The lowest BCUT2D eigenvalue weighted by molar-refractivity contribution is 0.689. The fourth-order valence-corrected chi connectivity index (χ4v) is 3.37. The fraction of sp³-hybridized carbons (Fsp3) is 0.500. The van der Waals surface area contributed by atoms with Crippen LogP contribution >= 0.6 is 11.8 Å². The predicted octanol–water partition coefficient (Wildman–Crippen LogP) is 2.17. The highest BCUT2D eigenvalue weighted by molar-refractivity contribution is 7.99. The zero-order valence-corrected chi connectivity index (χ0v) is 10.4. The topological polar surface area (TPSA) is 29.3 Å². The monoisotopic (exact) mass is 222 g/mol. The van der Waals surface area contributed by atoms with Crippen LogP contribution in [0.2, 0.25) is 0 Å². The number of nitrogens with zero attached hydrogens (tertiary/aromatic N) is 1. The molecule has 1 aromatic rings. The van der Waals surface area contributed by atoms with E-state index in [1.807, 2.05) is 11.8 Å². The summed E-state index contributed by atoms with van der Waals surface area (Å²) in [6, 6.07) is 4.91. The molecule has 3 heteroatoms. The van der Waals surface area contributed by atoms with E-state index in [9.17, 15) is 0 Å². The lowest BCUT2D eigenvalue weighted by Gasteiger charge is -2.36. The van der Waals surface area contributed by atoms with E-state index in [1.165, 1.54) is 21.7 Å². The molecule has 82 valence electrons. The summed E-state index contributed by atoms with van der Waals surface area (Å²) in [6.07, 6.45) is 0. The van der Waals surface area contributed by atoms with E-state index < -0.39 is 0 Å². The van der Waals surface area contributed by atoms with Gasteiger partial charge in [0.15, 0.2) is 0 Å². The second-order valence-electron chi connectivity index (χ2n) is 4.17. The standard InChI is InChI=1S/C12H18N2S/c1-8-4-5-11-12(9(8)2)14(3)10(6-13)7-15-11/h4-5,10H,6-7,13H2,1-3H3. The Balaban J connectivity index is 2.49. The van der Waals surface area contributed by atoms with Crippen molar-refractivity contribution in [3.05, 3.63) is 23.3 Å². The lowest BCUT2D eigenvalue weighted by Crippen LogP contribution is -2.42. The molecule has 0 saturated heterocycles. The van der Waals surface area contributed by atoms with Crippen molar-refractivity contribution in [2.75, 3.05) is 24.2 Å². The molecule has 0 aliphatic carbocycles. The fourth-order valence-electron chi connectivity index (χ4n) is 2.04. The van der Waals surface area contributed by atoms with Crippen LogP contribution < -0.4 is 10.6 Å². The molecule has 0 fully saturated rings. The maximum atomic E-state index is 5.78. The van der Waals surface area contributed by atoms with Crippen molar-refractivity contribution in [3.8, 4) is 0 Å². The van der Waals surface area contributed by atoms with Crippen LogP contribution in [0.1, 0.15) is 11.1 Å². The number of anilines is 1. The largest absolute Gasteiger partial charge is 0.368 e. The summed E-state index contributed by atoms with van der Waals surface area (Å²) >= 11 is 1.93. The summed E-state index contributed by atoms with van der Waals surface area (Å²) in [4.78, 5) is 3.74. The van der Waals surface area contributed by atoms with Gasteiger partial charge in [-0.2, -0.15) is 0 Å². The molecule has 2 nitrogen and oxygen atoms in total. The van der Waals surface area contributed by atoms with Crippen molar-refractivity contribution < 1.29 is 0 Å². The number of likely N-dealkylation sites (N-methyl/N-ethyl adjacent to an activating group) is 1. The van der Waals surface area contributed by atoms with Crippen LogP contribution in [0.5, 0.6) is 0 Å². The van der Waals surface area contributed by atoms with Crippen LogP contribution in [0.25, 0.3) is 0 Å². The highest BCUT2D eigenvalue weighted by Crippen LogP contribution is 2.39. The Hall–Kier alpha value is -0.670. The number of nitrogens with two attached hydrogens (primary N) is 1. The number of fused-ring (bicyclic) bond motifs is 1. The van der Waals surface area contributed by atoms with Crippen molar-refractivity contribution in [3.63, 3.8) is 0 Å². The molecule has 1 heterocycles. The third kappa shape index (κ3) is 1.74.